The molecule has 0 amide bonds. The van der Waals surface area contributed by atoms with Crippen LogP contribution in [0.1, 0.15) is 0 Å². The molecule has 0 bridgehead atoms. The third-order valence-corrected chi connectivity index (χ3v) is 2.77. The third kappa shape index (κ3) is 1.61. The normalized spacial score (nSPS) is 19.6. The van der Waals surface area contributed by atoms with Gasteiger partial charge in [0.25, 0.3) is 0 Å². The van der Waals surface area contributed by atoms with E-state index in [4.69, 9.17) is 5.11 Å². The lowest BCUT2D eigenvalue weighted by Crippen LogP contribution is -2.15. The molecule has 0 fully saturated rings. The molecule has 2 aliphatic rings. The van der Waals surface area contributed by atoms with Crippen molar-refractivity contribution in [1.82, 2.24) is 4.90 Å². The van der Waals surface area contributed by atoms with Crippen molar-refractivity contribution in [2.24, 2.45) is 0 Å². The van der Waals surface area contributed by atoms with Gasteiger partial charge in [-0.1, -0.05) is 6.08 Å². The Morgan fingerprint density at radius 2 is 2.29 bits per heavy atom. The van der Waals surface area contributed by atoms with Gasteiger partial charge < -0.3 is 10.0 Å². The van der Waals surface area contributed by atoms with E-state index in [0.29, 0.717) is 11.3 Å². The lowest BCUT2D eigenvalue weighted by atomic mass is 10.1. The molecule has 0 aliphatic carbocycles. The molecule has 1 N–H and O–H groups in total. The number of nitrogens with zero attached hydrogens (tertiary/aromatic N) is 1. The van der Waals surface area contributed by atoms with Gasteiger partial charge in [0.2, 0.25) is 0 Å². The molecule has 0 aromatic rings. The van der Waals surface area contributed by atoms with Crippen molar-refractivity contribution in [2.45, 2.75) is 0 Å². The van der Waals surface area contributed by atoms with Crippen molar-refractivity contribution in [3.05, 3.63) is 47.3 Å². The summed E-state index contributed by atoms with van der Waals surface area (Å²) in [7, 11) is 0. The molecule has 0 aromatic heterocycles. The number of allylic oxidation sites excluding steroid dienone is 3. The molecule has 0 unspecified atom stereocenters. The average molecular weight is 207 g/mol. The van der Waals surface area contributed by atoms with E-state index in [1.54, 1.807) is 0 Å². The van der Waals surface area contributed by atoms with E-state index in [1.807, 2.05) is 40.9 Å². The summed E-state index contributed by atoms with van der Waals surface area (Å²) in [6, 6.07) is 0. The number of hydrogen-bond acceptors (Lipinski definition) is 3. The number of hydrogen-bond donors (Lipinski definition) is 1. The summed E-state index contributed by atoms with van der Waals surface area (Å²) in [5.74, 6) is -0.336. The summed E-state index contributed by atoms with van der Waals surface area (Å²) in [5.41, 5.74) is 1.20. The van der Waals surface area contributed by atoms with E-state index >= 15 is 0 Å². The predicted molar refractivity (Wildman–Crippen MR) is 56.4 cm³/mol. The van der Waals surface area contributed by atoms with Crippen molar-refractivity contribution in [1.29, 1.82) is 0 Å². The number of thioether (sulfide) groups is 1. The topological polar surface area (TPSA) is 40.5 Å². The highest BCUT2D eigenvalue weighted by atomic mass is 32.2. The predicted octanol–water partition coefficient (Wildman–Crippen LogP) is 1.93. The van der Waals surface area contributed by atoms with Gasteiger partial charge in [-0.2, -0.15) is 0 Å². The summed E-state index contributed by atoms with van der Waals surface area (Å²) in [4.78, 5) is 12.8. The number of carbonyl (C=O) groups is 1. The van der Waals surface area contributed by atoms with Crippen LogP contribution >= 0.6 is 11.8 Å². The van der Waals surface area contributed by atoms with E-state index in [1.165, 1.54) is 11.8 Å². The first-order valence-electron chi connectivity index (χ1n) is 4.17. The van der Waals surface area contributed by atoms with Crippen LogP contribution in [0.4, 0.5) is 0 Å². The highest BCUT2D eigenvalue weighted by Gasteiger charge is 2.18. The Morgan fingerprint density at radius 1 is 1.43 bits per heavy atom. The highest BCUT2D eigenvalue weighted by Crippen LogP contribution is 2.25. The Labute approximate surface area is 86.1 Å². The molecule has 4 heteroatoms. The molecule has 2 aliphatic heterocycles. The van der Waals surface area contributed by atoms with Gasteiger partial charge >= 0.3 is 5.97 Å². The Bertz CT molecular complexity index is 380. The van der Waals surface area contributed by atoms with E-state index < -0.39 is 5.97 Å². The smallest absolute Gasteiger partial charge is 0.334 e. The fourth-order valence-electron chi connectivity index (χ4n) is 1.33. The van der Waals surface area contributed by atoms with Crippen molar-refractivity contribution in [2.75, 3.05) is 5.75 Å². The quantitative estimate of drug-likeness (QED) is 0.713. The molecule has 2 heterocycles. The summed E-state index contributed by atoms with van der Waals surface area (Å²) < 4.78 is 0. The maximum Gasteiger partial charge on any atom is 0.334 e. The number of rotatable bonds is 1. The Morgan fingerprint density at radius 3 is 3.07 bits per heavy atom. The van der Waals surface area contributed by atoms with Gasteiger partial charge in [-0.25, -0.2) is 4.79 Å². The van der Waals surface area contributed by atoms with Crippen LogP contribution in [0, 0.1) is 0 Å². The molecule has 3 nitrogen and oxygen atoms in total. The molecule has 0 spiro atoms. The standard InChI is InChI=1S/C10H9NO2S/c12-10(13)8-7-14-6-5-11-4-2-1-3-9(8)11/h1-6H,7H2,(H,12,13). The second-order valence-electron chi connectivity index (χ2n) is 2.87. The SMILES string of the molecule is O=C(O)C1=C2C=CC=CN2C=CSC1. The minimum atomic E-state index is -0.846. The second-order valence-corrected chi connectivity index (χ2v) is 3.77. The van der Waals surface area contributed by atoms with Crippen LogP contribution in [-0.2, 0) is 4.79 Å². The minimum Gasteiger partial charge on any atom is -0.478 e. The van der Waals surface area contributed by atoms with Gasteiger partial charge in [0.1, 0.15) is 0 Å². The summed E-state index contributed by atoms with van der Waals surface area (Å²) in [5, 5.41) is 10.9. The zero-order chi connectivity index (χ0) is 9.97. The first-order valence-corrected chi connectivity index (χ1v) is 5.22. The fraction of sp³-hybridized carbons (Fsp3) is 0.100. The first kappa shape index (κ1) is 9.15. The van der Waals surface area contributed by atoms with E-state index in [2.05, 4.69) is 0 Å². The maximum absolute atomic E-state index is 11.0. The summed E-state index contributed by atoms with van der Waals surface area (Å²) in [6.45, 7) is 0. The second kappa shape index (κ2) is 3.75. The van der Waals surface area contributed by atoms with Crippen molar-refractivity contribution >= 4 is 17.7 Å². The molecular weight excluding hydrogens is 198 g/mol. The van der Waals surface area contributed by atoms with Gasteiger partial charge in [0.15, 0.2) is 0 Å². The lowest BCUT2D eigenvalue weighted by molar-refractivity contribution is -0.132. The monoisotopic (exact) mass is 207 g/mol. The van der Waals surface area contributed by atoms with Crippen LogP contribution in [0.15, 0.2) is 47.3 Å². The van der Waals surface area contributed by atoms with Crippen molar-refractivity contribution in [3.8, 4) is 0 Å². The first-order chi connectivity index (χ1) is 6.79. The van der Waals surface area contributed by atoms with Gasteiger partial charge in [0, 0.05) is 18.2 Å². The molecule has 0 saturated heterocycles. The zero-order valence-corrected chi connectivity index (χ0v) is 8.20. The molecule has 0 radical (unpaired) electrons. The van der Waals surface area contributed by atoms with Crippen LogP contribution in [0.25, 0.3) is 0 Å². The van der Waals surface area contributed by atoms with Crippen LogP contribution in [0.5, 0.6) is 0 Å². The lowest BCUT2D eigenvalue weighted by Gasteiger charge is -2.19. The molecule has 0 saturated carbocycles. The van der Waals surface area contributed by atoms with Crippen LogP contribution in [-0.4, -0.2) is 21.7 Å². The molecule has 2 rings (SSSR count). The summed E-state index contributed by atoms with van der Waals surface area (Å²) >= 11 is 1.49. The maximum atomic E-state index is 11.0. The molecule has 0 aromatic carbocycles. The molecular formula is C10H9NO2S. The van der Waals surface area contributed by atoms with Gasteiger partial charge in [0.05, 0.1) is 11.3 Å². The Hall–Kier alpha value is -1.42. The minimum absolute atomic E-state index is 0.445. The molecule has 14 heavy (non-hydrogen) atoms. The van der Waals surface area contributed by atoms with Crippen LogP contribution < -0.4 is 0 Å². The van der Waals surface area contributed by atoms with Gasteiger partial charge in [-0.05, 0) is 17.6 Å². The van der Waals surface area contributed by atoms with E-state index in [0.717, 1.165) is 5.70 Å². The van der Waals surface area contributed by atoms with Crippen molar-refractivity contribution < 1.29 is 9.90 Å². The average Bonchev–Trinajstić information content (AvgIpc) is 2.39. The van der Waals surface area contributed by atoms with Crippen LogP contribution in [0.3, 0.4) is 0 Å². The highest BCUT2D eigenvalue weighted by molar-refractivity contribution is 8.02. The fourth-order valence-corrected chi connectivity index (χ4v) is 2.08. The number of fused-ring (bicyclic) bond motifs is 1. The van der Waals surface area contributed by atoms with Crippen LogP contribution in [0.2, 0.25) is 0 Å². The number of carboxylic acid groups (broad SMARTS) is 1. The Balaban J connectivity index is 2.46. The molecule has 0 atom stereocenters. The van der Waals surface area contributed by atoms with Gasteiger partial charge in [-0.15, -0.1) is 11.8 Å². The Kier molecular flexibility index (Phi) is 2.45. The summed E-state index contributed by atoms with van der Waals surface area (Å²) in [6.07, 6.45) is 9.26. The van der Waals surface area contributed by atoms with Crippen molar-refractivity contribution in [3.63, 3.8) is 0 Å². The van der Waals surface area contributed by atoms with Gasteiger partial charge in [-0.3, -0.25) is 0 Å². The van der Waals surface area contributed by atoms with E-state index in [-0.39, 0.29) is 0 Å². The molecule has 72 valence electrons. The van der Waals surface area contributed by atoms with E-state index in [9.17, 15) is 4.79 Å². The zero-order valence-electron chi connectivity index (χ0n) is 7.38. The largest absolute Gasteiger partial charge is 0.478 e. The number of carboxylic acids is 1. The number of aliphatic carboxylic acids is 1. The third-order valence-electron chi connectivity index (χ3n) is 2.00.